The maximum atomic E-state index is 12.1. The van der Waals surface area contributed by atoms with Gasteiger partial charge in [0.1, 0.15) is 4.90 Å². The van der Waals surface area contributed by atoms with Crippen molar-refractivity contribution in [3.8, 4) is 0 Å². The lowest BCUT2D eigenvalue weighted by molar-refractivity contribution is 0.0762. The number of rotatable bonds is 9. The second-order valence-electron chi connectivity index (χ2n) is 4.52. The van der Waals surface area contributed by atoms with E-state index in [1.165, 1.54) is 12.3 Å². The van der Waals surface area contributed by atoms with Gasteiger partial charge in [0, 0.05) is 19.3 Å². The van der Waals surface area contributed by atoms with Crippen LogP contribution < -0.4 is 16.0 Å². The predicted octanol–water partition coefficient (Wildman–Crippen LogP) is 0.851. The Morgan fingerprint density at radius 1 is 1.40 bits per heavy atom. The predicted molar refractivity (Wildman–Crippen MR) is 77.6 cm³/mol. The lowest BCUT2D eigenvalue weighted by atomic mass is 10.3. The number of pyridine rings is 1. The van der Waals surface area contributed by atoms with Crippen molar-refractivity contribution >= 4 is 15.8 Å². The number of nitrogen functional groups attached to an aromatic ring is 1. The van der Waals surface area contributed by atoms with E-state index in [2.05, 4.69) is 15.1 Å². The fourth-order valence-corrected chi connectivity index (χ4v) is 2.74. The van der Waals surface area contributed by atoms with Crippen LogP contribution in [0.2, 0.25) is 0 Å². The zero-order valence-electron chi connectivity index (χ0n) is 11.8. The van der Waals surface area contributed by atoms with Crippen LogP contribution in [0.25, 0.3) is 0 Å². The molecule has 20 heavy (non-hydrogen) atoms. The van der Waals surface area contributed by atoms with E-state index in [9.17, 15) is 8.42 Å². The van der Waals surface area contributed by atoms with E-state index in [4.69, 9.17) is 10.6 Å². The van der Waals surface area contributed by atoms with Crippen LogP contribution >= 0.6 is 0 Å². The van der Waals surface area contributed by atoms with Gasteiger partial charge in [0.15, 0.2) is 5.82 Å². The highest BCUT2D eigenvalue weighted by Crippen LogP contribution is 2.16. The number of hydrazine groups is 1. The maximum Gasteiger partial charge on any atom is 0.244 e. The quantitative estimate of drug-likeness (QED) is 0.355. The van der Waals surface area contributed by atoms with Crippen LogP contribution in [-0.2, 0) is 14.8 Å². The summed E-state index contributed by atoms with van der Waals surface area (Å²) in [5.74, 6) is 5.38. The molecule has 7 nitrogen and oxygen atoms in total. The number of nitrogens with two attached hydrogens (primary N) is 1. The van der Waals surface area contributed by atoms with Gasteiger partial charge in [0.25, 0.3) is 0 Å². The van der Waals surface area contributed by atoms with Crippen LogP contribution in [0.5, 0.6) is 0 Å². The Morgan fingerprint density at radius 3 is 2.80 bits per heavy atom. The van der Waals surface area contributed by atoms with Crippen molar-refractivity contribution in [2.75, 3.05) is 18.6 Å². The Balaban J connectivity index is 2.46. The number of unbranched alkanes of at least 4 members (excludes halogenated alkanes) is 1. The highest BCUT2D eigenvalue weighted by molar-refractivity contribution is 7.89. The van der Waals surface area contributed by atoms with Gasteiger partial charge in [-0.05, 0) is 38.8 Å². The summed E-state index contributed by atoms with van der Waals surface area (Å²) < 4.78 is 32.1. The standard InChI is InChI=1S/C12H22N4O3S/c1-10(2)19-9-4-3-8-15-20(17,18)11-6-5-7-14-12(11)16-13/h5-7,10,15H,3-4,8-9,13H2,1-2H3,(H,14,16). The summed E-state index contributed by atoms with van der Waals surface area (Å²) in [5.41, 5.74) is 2.27. The summed E-state index contributed by atoms with van der Waals surface area (Å²) in [6.45, 7) is 4.91. The molecule has 0 spiro atoms. The average Bonchev–Trinajstić information content (AvgIpc) is 2.42. The minimum Gasteiger partial charge on any atom is -0.379 e. The van der Waals surface area contributed by atoms with Crippen LogP contribution in [0.15, 0.2) is 23.2 Å². The van der Waals surface area contributed by atoms with Gasteiger partial charge in [0.2, 0.25) is 10.0 Å². The Morgan fingerprint density at radius 2 is 2.15 bits per heavy atom. The molecule has 4 N–H and O–H groups in total. The number of sulfonamides is 1. The van der Waals surface area contributed by atoms with E-state index in [1.807, 2.05) is 13.8 Å². The fourth-order valence-electron chi connectivity index (χ4n) is 1.55. The fraction of sp³-hybridized carbons (Fsp3) is 0.583. The van der Waals surface area contributed by atoms with Crippen molar-refractivity contribution in [1.29, 1.82) is 0 Å². The lowest BCUT2D eigenvalue weighted by Gasteiger charge is -2.10. The molecule has 0 aliphatic rings. The van der Waals surface area contributed by atoms with Gasteiger partial charge in [0.05, 0.1) is 6.10 Å². The highest BCUT2D eigenvalue weighted by Gasteiger charge is 2.18. The number of aromatic nitrogens is 1. The van der Waals surface area contributed by atoms with Gasteiger partial charge < -0.3 is 10.2 Å². The lowest BCUT2D eigenvalue weighted by Crippen LogP contribution is -2.27. The minimum absolute atomic E-state index is 0.0425. The summed E-state index contributed by atoms with van der Waals surface area (Å²) >= 11 is 0. The van der Waals surface area contributed by atoms with Gasteiger partial charge >= 0.3 is 0 Å². The number of nitrogens with one attached hydrogen (secondary N) is 2. The second kappa shape index (κ2) is 8.15. The molecule has 0 atom stereocenters. The molecule has 1 rings (SSSR count). The first-order valence-corrected chi connectivity index (χ1v) is 7.98. The van der Waals surface area contributed by atoms with Crippen LogP contribution in [0.4, 0.5) is 5.82 Å². The van der Waals surface area contributed by atoms with Crippen LogP contribution in [0, 0.1) is 0 Å². The Labute approximate surface area is 119 Å². The van der Waals surface area contributed by atoms with E-state index >= 15 is 0 Å². The Kier molecular flexibility index (Phi) is 6.86. The van der Waals surface area contributed by atoms with Crippen molar-refractivity contribution in [1.82, 2.24) is 9.71 Å². The van der Waals surface area contributed by atoms with Crippen molar-refractivity contribution < 1.29 is 13.2 Å². The monoisotopic (exact) mass is 302 g/mol. The molecule has 0 unspecified atom stereocenters. The molecule has 1 aromatic rings. The molecule has 8 heteroatoms. The first-order valence-electron chi connectivity index (χ1n) is 6.50. The van der Waals surface area contributed by atoms with Gasteiger partial charge in [-0.25, -0.2) is 24.0 Å². The summed E-state index contributed by atoms with van der Waals surface area (Å²) in [6, 6.07) is 3.00. The molecule has 0 aliphatic heterocycles. The Hall–Kier alpha value is -1.22. The third-order valence-corrected chi connectivity index (χ3v) is 4.00. The van der Waals surface area contributed by atoms with E-state index in [-0.39, 0.29) is 16.8 Å². The number of nitrogens with zero attached hydrogens (tertiary/aromatic N) is 1. The van der Waals surface area contributed by atoms with Crippen LogP contribution in [0.3, 0.4) is 0 Å². The molecule has 0 aromatic carbocycles. The summed E-state index contributed by atoms with van der Waals surface area (Å²) in [7, 11) is -3.60. The molecule has 1 heterocycles. The van der Waals surface area contributed by atoms with E-state index < -0.39 is 10.0 Å². The first kappa shape index (κ1) is 16.8. The summed E-state index contributed by atoms with van der Waals surface area (Å²) in [6.07, 6.45) is 3.17. The molecule has 0 aliphatic carbocycles. The second-order valence-corrected chi connectivity index (χ2v) is 6.25. The first-order chi connectivity index (χ1) is 9.47. The van der Waals surface area contributed by atoms with Crippen molar-refractivity contribution in [3.63, 3.8) is 0 Å². The molecule has 0 saturated heterocycles. The molecule has 114 valence electrons. The van der Waals surface area contributed by atoms with Gasteiger partial charge in [-0.3, -0.25) is 0 Å². The minimum atomic E-state index is -3.60. The molecule has 0 amide bonds. The number of anilines is 1. The highest BCUT2D eigenvalue weighted by atomic mass is 32.2. The molecule has 0 radical (unpaired) electrons. The molecular formula is C12H22N4O3S. The van der Waals surface area contributed by atoms with Gasteiger partial charge in [-0.2, -0.15) is 0 Å². The van der Waals surface area contributed by atoms with Crippen molar-refractivity contribution in [2.45, 2.75) is 37.7 Å². The van der Waals surface area contributed by atoms with E-state index in [0.717, 1.165) is 6.42 Å². The average molecular weight is 302 g/mol. The van der Waals surface area contributed by atoms with Gasteiger partial charge in [-0.15, -0.1) is 0 Å². The van der Waals surface area contributed by atoms with Crippen molar-refractivity contribution in [2.24, 2.45) is 5.84 Å². The number of hydrogen-bond donors (Lipinski definition) is 3. The van der Waals surface area contributed by atoms with E-state index in [0.29, 0.717) is 19.6 Å². The molecular weight excluding hydrogens is 280 g/mol. The zero-order valence-corrected chi connectivity index (χ0v) is 12.6. The van der Waals surface area contributed by atoms with Crippen LogP contribution in [0.1, 0.15) is 26.7 Å². The third-order valence-electron chi connectivity index (χ3n) is 2.51. The van der Waals surface area contributed by atoms with Crippen molar-refractivity contribution in [3.05, 3.63) is 18.3 Å². The largest absolute Gasteiger partial charge is 0.379 e. The van der Waals surface area contributed by atoms with E-state index in [1.54, 1.807) is 6.07 Å². The zero-order chi connectivity index (χ0) is 15.0. The number of ether oxygens (including phenoxy) is 1. The third kappa shape index (κ3) is 5.41. The topological polar surface area (TPSA) is 106 Å². The molecule has 0 fully saturated rings. The number of hydrogen-bond acceptors (Lipinski definition) is 6. The van der Waals surface area contributed by atoms with Crippen LogP contribution in [-0.4, -0.2) is 32.7 Å². The summed E-state index contributed by atoms with van der Waals surface area (Å²) in [4.78, 5) is 3.91. The molecule has 0 saturated carbocycles. The summed E-state index contributed by atoms with van der Waals surface area (Å²) in [5, 5.41) is 0. The molecule has 0 bridgehead atoms. The Bertz CT molecular complexity index is 505. The normalized spacial score (nSPS) is 11.8. The molecule has 1 aromatic heterocycles. The SMILES string of the molecule is CC(C)OCCCCNS(=O)(=O)c1cccnc1NN. The van der Waals surface area contributed by atoms with Gasteiger partial charge in [-0.1, -0.05) is 0 Å². The maximum absolute atomic E-state index is 12.1. The smallest absolute Gasteiger partial charge is 0.244 e.